The third-order valence-electron chi connectivity index (χ3n) is 3.83. The minimum Gasteiger partial charge on any atom is -0.489 e. The highest BCUT2D eigenvalue weighted by atomic mass is 16.5. The lowest BCUT2D eigenvalue weighted by atomic mass is 10.1. The largest absolute Gasteiger partial charge is 0.489 e. The van der Waals surface area contributed by atoms with Crippen LogP contribution in [0.5, 0.6) is 5.75 Å². The van der Waals surface area contributed by atoms with E-state index in [9.17, 15) is 4.79 Å². The van der Waals surface area contributed by atoms with Crippen molar-refractivity contribution in [2.24, 2.45) is 0 Å². The van der Waals surface area contributed by atoms with Crippen molar-refractivity contribution in [1.82, 2.24) is 4.90 Å². The highest BCUT2D eigenvalue weighted by Crippen LogP contribution is 2.18. The van der Waals surface area contributed by atoms with E-state index >= 15 is 0 Å². The minimum absolute atomic E-state index is 0.162. The Bertz CT molecular complexity index is 879. The summed E-state index contributed by atoms with van der Waals surface area (Å²) >= 11 is 0. The molecule has 0 fully saturated rings. The molecule has 1 amide bonds. The molecule has 0 unspecified atom stereocenters. The molecule has 0 aliphatic heterocycles. The quantitative estimate of drug-likeness (QED) is 0.605. The van der Waals surface area contributed by atoms with Crippen molar-refractivity contribution in [2.75, 3.05) is 6.54 Å². The molecule has 0 radical (unpaired) electrons. The van der Waals surface area contributed by atoms with Gasteiger partial charge in [0.25, 0.3) is 5.91 Å². The van der Waals surface area contributed by atoms with Crippen molar-refractivity contribution in [3.8, 4) is 18.1 Å². The molecule has 1 heterocycles. The molecule has 3 aromatic rings. The van der Waals surface area contributed by atoms with Gasteiger partial charge in [0.2, 0.25) is 0 Å². The molecule has 3 rings (SSSR count). The number of amides is 1. The summed E-state index contributed by atoms with van der Waals surface area (Å²) in [5, 5.41) is 0. The molecule has 0 saturated heterocycles. The lowest BCUT2D eigenvalue weighted by Crippen LogP contribution is -2.30. The van der Waals surface area contributed by atoms with Crippen LogP contribution in [-0.2, 0) is 13.2 Å². The van der Waals surface area contributed by atoms with E-state index in [0.29, 0.717) is 30.2 Å². The van der Waals surface area contributed by atoms with Crippen LogP contribution >= 0.6 is 0 Å². The predicted molar refractivity (Wildman–Crippen MR) is 99.5 cm³/mol. The first-order chi connectivity index (χ1) is 12.8. The SMILES string of the molecule is C#CCN(Cc1ccco1)C(=O)c1cccc(OCc2ccccc2)c1. The van der Waals surface area contributed by atoms with Crippen LogP contribution in [-0.4, -0.2) is 17.4 Å². The Morgan fingerprint density at radius 3 is 2.65 bits per heavy atom. The van der Waals surface area contributed by atoms with Crippen molar-refractivity contribution < 1.29 is 13.9 Å². The number of carbonyl (C=O) groups is 1. The Morgan fingerprint density at radius 2 is 1.92 bits per heavy atom. The molecule has 0 saturated carbocycles. The second kappa shape index (κ2) is 8.59. The summed E-state index contributed by atoms with van der Waals surface area (Å²) in [6, 6.07) is 20.6. The Labute approximate surface area is 153 Å². The third kappa shape index (κ3) is 4.55. The zero-order chi connectivity index (χ0) is 18.2. The van der Waals surface area contributed by atoms with Gasteiger partial charge in [-0.1, -0.05) is 42.3 Å². The fraction of sp³-hybridized carbons (Fsp3) is 0.136. The third-order valence-corrected chi connectivity index (χ3v) is 3.83. The average Bonchev–Trinajstić information content (AvgIpc) is 3.20. The zero-order valence-corrected chi connectivity index (χ0v) is 14.3. The first kappa shape index (κ1) is 17.4. The Kier molecular flexibility index (Phi) is 5.74. The summed E-state index contributed by atoms with van der Waals surface area (Å²) < 4.78 is 11.1. The summed E-state index contributed by atoms with van der Waals surface area (Å²) in [7, 11) is 0. The number of carbonyl (C=O) groups excluding carboxylic acids is 1. The Morgan fingerprint density at radius 1 is 1.08 bits per heavy atom. The summed E-state index contributed by atoms with van der Waals surface area (Å²) in [5.74, 6) is 3.68. The summed E-state index contributed by atoms with van der Waals surface area (Å²) in [4.78, 5) is 14.4. The van der Waals surface area contributed by atoms with Crippen molar-refractivity contribution in [1.29, 1.82) is 0 Å². The highest BCUT2D eigenvalue weighted by molar-refractivity contribution is 5.94. The van der Waals surface area contributed by atoms with E-state index in [1.54, 1.807) is 35.4 Å². The Balaban J connectivity index is 1.70. The molecule has 0 aliphatic rings. The van der Waals surface area contributed by atoms with Crippen LogP contribution in [0.1, 0.15) is 21.7 Å². The van der Waals surface area contributed by atoms with E-state index in [0.717, 1.165) is 5.56 Å². The normalized spacial score (nSPS) is 10.1. The van der Waals surface area contributed by atoms with Gasteiger partial charge in [0, 0.05) is 5.56 Å². The van der Waals surface area contributed by atoms with Crippen molar-refractivity contribution in [3.05, 3.63) is 89.9 Å². The van der Waals surface area contributed by atoms with Gasteiger partial charge >= 0.3 is 0 Å². The molecular weight excluding hydrogens is 326 g/mol. The molecule has 0 spiro atoms. The number of hydrogen-bond acceptors (Lipinski definition) is 3. The van der Waals surface area contributed by atoms with E-state index in [-0.39, 0.29) is 12.5 Å². The van der Waals surface area contributed by atoms with Gasteiger partial charge in [-0.15, -0.1) is 6.42 Å². The average molecular weight is 345 g/mol. The summed E-state index contributed by atoms with van der Waals surface area (Å²) in [5.41, 5.74) is 1.59. The first-order valence-electron chi connectivity index (χ1n) is 8.28. The minimum atomic E-state index is -0.162. The van der Waals surface area contributed by atoms with Crippen molar-refractivity contribution in [2.45, 2.75) is 13.2 Å². The molecule has 4 nitrogen and oxygen atoms in total. The number of ether oxygens (including phenoxy) is 1. The van der Waals surface area contributed by atoms with Gasteiger partial charge in [-0.2, -0.15) is 0 Å². The molecule has 26 heavy (non-hydrogen) atoms. The highest BCUT2D eigenvalue weighted by Gasteiger charge is 2.17. The fourth-order valence-corrected chi connectivity index (χ4v) is 2.54. The molecule has 2 aromatic carbocycles. The molecule has 0 N–H and O–H groups in total. The second-order valence-corrected chi connectivity index (χ2v) is 5.75. The van der Waals surface area contributed by atoms with E-state index in [2.05, 4.69) is 5.92 Å². The van der Waals surface area contributed by atoms with Crippen molar-refractivity contribution in [3.63, 3.8) is 0 Å². The number of hydrogen-bond donors (Lipinski definition) is 0. The van der Waals surface area contributed by atoms with Gasteiger partial charge in [-0.05, 0) is 35.9 Å². The number of benzene rings is 2. The molecule has 0 atom stereocenters. The number of nitrogens with zero attached hydrogens (tertiary/aromatic N) is 1. The monoisotopic (exact) mass is 345 g/mol. The van der Waals surface area contributed by atoms with Crippen LogP contribution in [0.15, 0.2) is 77.4 Å². The summed E-state index contributed by atoms with van der Waals surface area (Å²) in [6.07, 6.45) is 6.99. The number of furan rings is 1. The topological polar surface area (TPSA) is 42.7 Å². The Hall–Kier alpha value is -3.45. The second-order valence-electron chi connectivity index (χ2n) is 5.75. The first-order valence-corrected chi connectivity index (χ1v) is 8.28. The van der Waals surface area contributed by atoms with Crippen LogP contribution in [0.4, 0.5) is 0 Å². The smallest absolute Gasteiger partial charge is 0.255 e. The molecule has 130 valence electrons. The molecular formula is C22H19NO3. The lowest BCUT2D eigenvalue weighted by molar-refractivity contribution is 0.0754. The van der Waals surface area contributed by atoms with Gasteiger partial charge < -0.3 is 14.1 Å². The molecule has 0 bridgehead atoms. The van der Waals surface area contributed by atoms with Gasteiger partial charge in [0.1, 0.15) is 18.1 Å². The maximum Gasteiger partial charge on any atom is 0.255 e. The summed E-state index contributed by atoms with van der Waals surface area (Å²) in [6.45, 7) is 0.971. The lowest BCUT2D eigenvalue weighted by Gasteiger charge is -2.19. The maximum atomic E-state index is 12.8. The zero-order valence-electron chi connectivity index (χ0n) is 14.3. The molecule has 0 aliphatic carbocycles. The predicted octanol–water partition coefficient (Wildman–Crippen LogP) is 4.13. The number of rotatable bonds is 7. The van der Waals surface area contributed by atoms with Crippen LogP contribution in [0.25, 0.3) is 0 Å². The van der Waals surface area contributed by atoms with E-state index in [1.807, 2.05) is 42.5 Å². The van der Waals surface area contributed by atoms with Crippen LogP contribution in [0, 0.1) is 12.3 Å². The van der Waals surface area contributed by atoms with Gasteiger partial charge in [-0.25, -0.2) is 0 Å². The van der Waals surface area contributed by atoms with Crippen molar-refractivity contribution >= 4 is 5.91 Å². The van der Waals surface area contributed by atoms with Gasteiger partial charge in [0.05, 0.1) is 19.4 Å². The van der Waals surface area contributed by atoms with Crippen LogP contribution in [0.3, 0.4) is 0 Å². The van der Waals surface area contributed by atoms with Crippen LogP contribution < -0.4 is 4.74 Å². The van der Waals surface area contributed by atoms with Gasteiger partial charge in [0.15, 0.2) is 0 Å². The number of terminal acetylenes is 1. The van der Waals surface area contributed by atoms with Crippen LogP contribution in [0.2, 0.25) is 0 Å². The van der Waals surface area contributed by atoms with E-state index in [1.165, 1.54) is 0 Å². The fourth-order valence-electron chi connectivity index (χ4n) is 2.54. The van der Waals surface area contributed by atoms with Gasteiger partial charge in [-0.3, -0.25) is 4.79 Å². The molecule has 1 aromatic heterocycles. The maximum absolute atomic E-state index is 12.8. The van der Waals surface area contributed by atoms with E-state index in [4.69, 9.17) is 15.6 Å². The molecule has 4 heteroatoms. The van der Waals surface area contributed by atoms with E-state index < -0.39 is 0 Å². The standard InChI is InChI=1S/C22H19NO3/c1-2-13-23(16-21-12-7-14-25-21)22(24)19-10-6-11-20(15-19)26-17-18-8-4-3-5-9-18/h1,3-12,14-15H,13,16-17H2.